The average Bonchev–Trinajstić information content (AvgIpc) is 3.33. The Morgan fingerprint density at radius 3 is 2.53 bits per heavy atom. The molecular weight excluding hydrogens is 398 g/mol. The second-order valence-corrected chi connectivity index (χ2v) is 7.74. The molecule has 0 aliphatic heterocycles. The number of aromatic nitrogens is 4. The first-order valence-electron chi connectivity index (χ1n) is 9.46. The molecule has 1 N–H and O–H groups in total. The summed E-state index contributed by atoms with van der Waals surface area (Å²) in [6.07, 6.45) is 0. The first-order chi connectivity index (χ1) is 14.5. The van der Waals surface area contributed by atoms with Gasteiger partial charge in [-0.15, -0.1) is 10.2 Å². The smallest absolute Gasteiger partial charge is 0.277 e. The molecule has 152 valence electrons. The van der Waals surface area contributed by atoms with E-state index in [1.165, 1.54) is 11.8 Å². The number of carbonyl (C=O) groups excluding carboxylic acids is 1. The van der Waals surface area contributed by atoms with E-state index in [0.29, 0.717) is 11.1 Å². The van der Waals surface area contributed by atoms with Gasteiger partial charge in [0.1, 0.15) is 0 Å². The Bertz CT molecular complexity index is 1180. The van der Waals surface area contributed by atoms with Crippen molar-refractivity contribution >= 4 is 23.4 Å². The van der Waals surface area contributed by atoms with Gasteiger partial charge in [0.05, 0.1) is 28.5 Å². The fourth-order valence-corrected chi connectivity index (χ4v) is 3.70. The van der Waals surface area contributed by atoms with E-state index in [4.69, 9.17) is 4.42 Å². The summed E-state index contributed by atoms with van der Waals surface area (Å²) in [6, 6.07) is 17.6. The summed E-state index contributed by atoms with van der Waals surface area (Å²) in [6.45, 7) is 5.80. The number of nitrogens with one attached hydrogen (secondary N) is 1. The molecule has 0 aliphatic rings. The van der Waals surface area contributed by atoms with Crippen molar-refractivity contribution in [2.75, 3.05) is 11.1 Å². The van der Waals surface area contributed by atoms with Crippen LogP contribution in [0.3, 0.4) is 0 Å². The molecule has 7 nitrogen and oxygen atoms in total. The number of aryl methyl sites for hydroxylation is 2. The quantitative estimate of drug-likeness (QED) is 0.461. The van der Waals surface area contributed by atoms with Crippen LogP contribution in [0.1, 0.15) is 17.0 Å². The van der Waals surface area contributed by atoms with Gasteiger partial charge in [0.25, 0.3) is 5.22 Å². The van der Waals surface area contributed by atoms with Gasteiger partial charge in [0, 0.05) is 5.56 Å². The molecular formula is C22H21N5O2S. The first kappa shape index (κ1) is 19.9. The molecule has 2 aromatic carbocycles. The molecule has 1 amide bonds. The second kappa shape index (κ2) is 8.54. The third-order valence-corrected chi connectivity index (χ3v) is 5.48. The Morgan fingerprint density at radius 2 is 1.77 bits per heavy atom. The summed E-state index contributed by atoms with van der Waals surface area (Å²) < 4.78 is 7.53. The van der Waals surface area contributed by atoms with Crippen LogP contribution < -0.4 is 5.32 Å². The summed E-state index contributed by atoms with van der Waals surface area (Å²) >= 11 is 1.20. The molecule has 8 heteroatoms. The van der Waals surface area contributed by atoms with E-state index in [1.807, 2.05) is 80.1 Å². The highest BCUT2D eigenvalue weighted by molar-refractivity contribution is 7.99. The molecule has 0 bridgehead atoms. The lowest BCUT2D eigenvalue weighted by Crippen LogP contribution is -2.15. The number of thioether (sulfide) groups is 1. The van der Waals surface area contributed by atoms with Crippen molar-refractivity contribution in [1.82, 2.24) is 20.0 Å². The number of nitrogens with zero attached hydrogens (tertiary/aromatic N) is 4. The molecule has 0 saturated carbocycles. The number of para-hydroxylation sites is 1. The number of hydrogen-bond acceptors (Lipinski definition) is 6. The molecule has 0 unspecified atom stereocenters. The minimum atomic E-state index is -0.158. The van der Waals surface area contributed by atoms with Crippen LogP contribution in [0.5, 0.6) is 0 Å². The Labute approximate surface area is 178 Å². The zero-order valence-corrected chi connectivity index (χ0v) is 17.7. The van der Waals surface area contributed by atoms with Crippen LogP contribution in [0.25, 0.3) is 17.1 Å². The number of benzene rings is 2. The number of hydrogen-bond donors (Lipinski definition) is 1. The predicted molar refractivity (Wildman–Crippen MR) is 117 cm³/mol. The van der Waals surface area contributed by atoms with Gasteiger partial charge in [0.2, 0.25) is 11.8 Å². The Balaban J connectivity index is 1.42. The van der Waals surface area contributed by atoms with E-state index in [9.17, 15) is 4.79 Å². The second-order valence-electron chi connectivity index (χ2n) is 6.82. The van der Waals surface area contributed by atoms with Gasteiger partial charge in [-0.25, -0.2) is 4.68 Å². The van der Waals surface area contributed by atoms with Gasteiger partial charge in [-0.05, 0) is 44.5 Å². The normalized spacial score (nSPS) is 10.9. The number of rotatable bonds is 6. The van der Waals surface area contributed by atoms with E-state index >= 15 is 0 Å². The van der Waals surface area contributed by atoms with Crippen molar-refractivity contribution in [2.24, 2.45) is 0 Å². The van der Waals surface area contributed by atoms with E-state index in [0.717, 1.165) is 33.9 Å². The zero-order valence-electron chi connectivity index (χ0n) is 16.9. The maximum atomic E-state index is 12.5. The first-order valence-corrected chi connectivity index (χ1v) is 10.5. The minimum Gasteiger partial charge on any atom is -0.411 e. The molecule has 0 fully saturated rings. The third kappa shape index (κ3) is 4.13. The van der Waals surface area contributed by atoms with Crippen LogP contribution in [0.2, 0.25) is 0 Å². The molecule has 2 heterocycles. The van der Waals surface area contributed by atoms with Crippen LogP contribution in [0, 0.1) is 20.8 Å². The summed E-state index contributed by atoms with van der Waals surface area (Å²) in [4.78, 5) is 12.5. The Hall–Kier alpha value is -3.39. The van der Waals surface area contributed by atoms with Gasteiger partial charge in [0.15, 0.2) is 0 Å². The van der Waals surface area contributed by atoms with E-state index in [-0.39, 0.29) is 11.7 Å². The van der Waals surface area contributed by atoms with Crippen molar-refractivity contribution in [1.29, 1.82) is 0 Å². The average molecular weight is 420 g/mol. The van der Waals surface area contributed by atoms with Gasteiger partial charge < -0.3 is 9.73 Å². The lowest BCUT2D eigenvalue weighted by atomic mass is 10.1. The molecule has 0 aliphatic carbocycles. The van der Waals surface area contributed by atoms with E-state index in [1.54, 1.807) is 0 Å². The van der Waals surface area contributed by atoms with Gasteiger partial charge in [-0.1, -0.05) is 48.2 Å². The van der Waals surface area contributed by atoms with Crippen molar-refractivity contribution in [3.8, 4) is 17.1 Å². The maximum absolute atomic E-state index is 12.5. The molecule has 4 aromatic rings. The molecule has 0 atom stereocenters. The molecule has 4 rings (SSSR count). The highest BCUT2D eigenvalue weighted by atomic mass is 32.2. The minimum absolute atomic E-state index is 0.158. The van der Waals surface area contributed by atoms with Crippen molar-refractivity contribution in [3.05, 3.63) is 71.5 Å². The summed E-state index contributed by atoms with van der Waals surface area (Å²) in [7, 11) is 0. The Morgan fingerprint density at radius 1 is 1.03 bits per heavy atom. The van der Waals surface area contributed by atoms with Crippen LogP contribution in [-0.4, -0.2) is 31.6 Å². The lowest BCUT2D eigenvalue weighted by molar-refractivity contribution is -0.113. The van der Waals surface area contributed by atoms with Gasteiger partial charge in [-0.3, -0.25) is 4.79 Å². The fourth-order valence-electron chi connectivity index (χ4n) is 3.14. The third-order valence-electron chi connectivity index (χ3n) is 4.67. The highest BCUT2D eigenvalue weighted by Crippen LogP contribution is 2.26. The zero-order chi connectivity index (χ0) is 21.1. The van der Waals surface area contributed by atoms with Gasteiger partial charge >= 0.3 is 0 Å². The Kier molecular flexibility index (Phi) is 5.67. The molecule has 0 radical (unpaired) electrons. The lowest BCUT2D eigenvalue weighted by Gasteiger charge is -2.06. The molecule has 0 saturated heterocycles. The van der Waals surface area contributed by atoms with E-state index < -0.39 is 0 Å². The standard InChI is InChI=1S/C22H21N5O2S/c1-14-9-7-8-12-18(14)21-24-25-22(29-21)30-13-19(28)23-20-15(2)26-27(16(20)3)17-10-5-4-6-11-17/h4-12H,13H2,1-3H3,(H,23,28). The molecule has 30 heavy (non-hydrogen) atoms. The van der Waals surface area contributed by atoms with Crippen LogP contribution in [-0.2, 0) is 4.79 Å². The van der Waals surface area contributed by atoms with Crippen LogP contribution in [0.4, 0.5) is 5.69 Å². The highest BCUT2D eigenvalue weighted by Gasteiger charge is 2.17. The van der Waals surface area contributed by atoms with Crippen molar-refractivity contribution in [3.63, 3.8) is 0 Å². The van der Waals surface area contributed by atoms with Crippen LogP contribution in [0.15, 0.2) is 64.2 Å². The largest absolute Gasteiger partial charge is 0.411 e. The number of anilines is 1. The fraction of sp³-hybridized carbons (Fsp3) is 0.182. The molecule has 0 spiro atoms. The van der Waals surface area contributed by atoms with Gasteiger partial charge in [-0.2, -0.15) is 5.10 Å². The monoisotopic (exact) mass is 419 g/mol. The van der Waals surface area contributed by atoms with Crippen molar-refractivity contribution in [2.45, 2.75) is 26.0 Å². The predicted octanol–water partition coefficient (Wildman–Crippen LogP) is 4.58. The van der Waals surface area contributed by atoms with Crippen molar-refractivity contribution < 1.29 is 9.21 Å². The summed E-state index contributed by atoms with van der Waals surface area (Å²) in [5.74, 6) is 0.450. The number of amides is 1. The topological polar surface area (TPSA) is 85.8 Å². The summed E-state index contributed by atoms with van der Waals surface area (Å²) in [5.41, 5.74) is 5.24. The SMILES string of the molecule is Cc1ccccc1-c1nnc(SCC(=O)Nc2c(C)nn(-c3ccccc3)c2C)o1. The maximum Gasteiger partial charge on any atom is 0.277 e. The molecule has 2 aromatic heterocycles. The summed E-state index contributed by atoms with van der Waals surface area (Å²) in [5, 5.41) is 16.0. The van der Waals surface area contributed by atoms with Crippen LogP contribution >= 0.6 is 11.8 Å². The van der Waals surface area contributed by atoms with E-state index in [2.05, 4.69) is 20.6 Å². The number of carbonyl (C=O) groups is 1.